The first-order valence-electron chi connectivity index (χ1n) is 7.12. The molecule has 106 valence electrons. The Morgan fingerprint density at radius 1 is 1.20 bits per heavy atom. The van der Waals surface area contributed by atoms with E-state index in [2.05, 4.69) is 13.8 Å². The van der Waals surface area contributed by atoms with Crippen molar-refractivity contribution in [2.24, 2.45) is 5.41 Å². The zero-order valence-corrected chi connectivity index (χ0v) is 12.7. The van der Waals surface area contributed by atoms with Gasteiger partial charge in [-0.15, -0.1) is 0 Å². The van der Waals surface area contributed by atoms with E-state index < -0.39 is 0 Å². The highest BCUT2D eigenvalue weighted by Gasteiger charge is 2.37. The fourth-order valence-electron chi connectivity index (χ4n) is 3.11. The number of ketones is 1. The van der Waals surface area contributed by atoms with Gasteiger partial charge in [-0.05, 0) is 36.0 Å². The molecule has 1 aliphatic carbocycles. The summed E-state index contributed by atoms with van der Waals surface area (Å²) in [5.41, 5.74) is 2.07. The van der Waals surface area contributed by atoms with Gasteiger partial charge in [-0.1, -0.05) is 37.6 Å². The summed E-state index contributed by atoms with van der Waals surface area (Å²) in [6, 6.07) is 7.79. The van der Waals surface area contributed by atoms with Crippen LogP contribution < -0.4 is 0 Å². The largest absolute Gasteiger partial charge is 0.490 e. The van der Waals surface area contributed by atoms with Gasteiger partial charge >= 0.3 is 0 Å². The van der Waals surface area contributed by atoms with Gasteiger partial charge in [0.05, 0.1) is 0 Å². The van der Waals surface area contributed by atoms with Gasteiger partial charge in [0.15, 0.2) is 5.78 Å². The average Bonchev–Trinajstić information content (AvgIpc) is 2.37. The van der Waals surface area contributed by atoms with Crippen molar-refractivity contribution in [2.45, 2.75) is 45.6 Å². The maximum absolute atomic E-state index is 12.2. The number of hydrogen-bond donors (Lipinski definition) is 0. The first-order chi connectivity index (χ1) is 9.44. The third-order valence-electron chi connectivity index (χ3n) is 4.13. The van der Waals surface area contributed by atoms with E-state index in [0.29, 0.717) is 6.42 Å². The number of allylic oxidation sites excluding steroid dienone is 2. The molecule has 1 unspecified atom stereocenters. The molecule has 0 spiro atoms. The molecule has 1 atom stereocenters. The lowest BCUT2D eigenvalue weighted by molar-refractivity contribution is -0.119. The van der Waals surface area contributed by atoms with Crippen molar-refractivity contribution in [3.8, 4) is 0 Å². The molecule has 1 heterocycles. The van der Waals surface area contributed by atoms with E-state index in [-0.39, 0.29) is 17.3 Å². The number of halogens is 1. The second kappa shape index (κ2) is 4.92. The van der Waals surface area contributed by atoms with E-state index in [4.69, 9.17) is 16.3 Å². The van der Waals surface area contributed by atoms with Crippen LogP contribution >= 0.6 is 11.6 Å². The Kier molecular flexibility index (Phi) is 3.37. The number of benzene rings is 1. The van der Waals surface area contributed by atoms with Crippen molar-refractivity contribution in [3.63, 3.8) is 0 Å². The summed E-state index contributed by atoms with van der Waals surface area (Å²) in [6.07, 6.45) is 3.25. The molecule has 2 aliphatic rings. The van der Waals surface area contributed by atoms with Crippen LogP contribution in [-0.4, -0.2) is 5.78 Å². The fraction of sp³-hybridized carbons (Fsp3) is 0.471. The lowest BCUT2D eigenvalue weighted by Gasteiger charge is -2.37. The van der Waals surface area contributed by atoms with Crippen molar-refractivity contribution >= 4 is 17.4 Å². The van der Waals surface area contributed by atoms with Gasteiger partial charge in [0.2, 0.25) is 0 Å². The van der Waals surface area contributed by atoms with Crippen LogP contribution in [0.5, 0.6) is 0 Å². The molecule has 2 nitrogen and oxygen atoms in total. The minimum atomic E-state index is 0.0117. The van der Waals surface area contributed by atoms with Gasteiger partial charge in [-0.3, -0.25) is 4.79 Å². The normalized spacial score (nSPS) is 25.1. The third kappa shape index (κ3) is 2.62. The van der Waals surface area contributed by atoms with Crippen molar-refractivity contribution in [1.82, 2.24) is 0 Å². The van der Waals surface area contributed by atoms with Crippen LogP contribution in [0, 0.1) is 5.41 Å². The first-order valence-corrected chi connectivity index (χ1v) is 7.50. The van der Waals surface area contributed by atoms with Gasteiger partial charge in [0.25, 0.3) is 0 Å². The first kappa shape index (κ1) is 13.7. The number of carbonyl (C=O) groups excluding carboxylic acids is 1. The van der Waals surface area contributed by atoms with Crippen molar-refractivity contribution in [3.05, 3.63) is 46.2 Å². The lowest BCUT2D eigenvalue weighted by atomic mass is 9.74. The SMILES string of the molecule is CC1(C)CC(=O)C2=C(C1)OC(c1ccc(Cl)cc1)CC2. The lowest BCUT2D eigenvalue weighted by Crippen LogP contribution is -2.29. The molecule has 0 N–H and O–H groups in total. The average molecular weight is 291 g/mol. The minimum Gasteiger partial charge on any atom is -0.490 e. The molecule has 1 aliphatic heterocycles. The molecule has 0 radical (unpaired) electrons. The molecule has 20 heavy (non-hydrogen) atoms. The molecular formula is C17H19ClO2. The molecule has 0 amide bonds. The van der Waals surface area contributed by atoms with Crippen molar-refractivity contribution in [1.29, 1.82) is 0 Å². The zero-order valence-electron chi connectivity index (χ0n) is 11.9. The number of hydrogen-bond acceptors (Lipinski definition) is 2. The van der Waals surface area contributed by atoms with E-state index >= 15 is 0 Å². The maximum atomic E-state index is 12.2. The van der Waals surface area contributed by atoms with E-state index in [0.717, 1.165) is 41.2 Å². The Bertz CT molecular complexity index is 569. The molecule has 0 fully saturated rings. The summed E-state index contributed by atoms with van der Waals surface area (Å²) >= 11 is 5.92. The monoisotopic (exact) mass is 290 g/mol. The summed E-state index contributed by atoms with van der Waals surface area (Å²) in [6.45, 7) is 4.26. The number of ether oxygens (including phenoxy) is 1. The third-order valence-corrected chi connectivity index (χ3v) is 4.39. The topological polar surface area (TPSA) is 26.3 Å². The Morgan fingerprint density at radius 3 is 2.60 bits per heavy atom. The van der Waals surface area contributed by atoms with E-state index in [9.17, 15) is 4.79 Å². The summed E-state index contributed by atoms with van der Waals surface area (Å²) in [5, 5.41) is 0.735. The quantitative estimate of drug-likeness (QED) is 0.740. The number of carbonyl (C=O) groups is 1. The fourth-order valence-corrected chi connectivity index (χ4v) is 3.24. The molecule has 3 rings (SSSR count). The molecule has 0 bridgehead atoms. The molecule has 0 saturated heterocycles. The number of Topliss-reactive ketones (excluding diaryl/α,β-unsaturated/α-hetero) is 1. The van der Waals surface area contributed by atoms with Crippen LogP contribution in [-0.2, 0) is 9.53 Å². The van der Waals surface area contributed by atoms with E-state index in [1.165, 1.54) is 0 Å². The second-order valence-corrected chi connectivity index (χ2v) is 6.98. The van der Waals surface area contributed by atoms with Crippen LogP contribution in [0.4, 0.5) is 0 Å². The molecule has 3 heteroatoms. The van der Waals surface area contributed by atoms with Crippen LogP contribution in [0.25, 0.3) is 0 Å². The van der Waals surface area contributed by atoms with Crippen LogP contribution in [0.2, 0.25) is 5.02 Å². The summed E-state index contributed by atoms with van der Waals surface area (Å²) in [4.78, 5) is 12.2. The molecule has 1 aromatic rings. The van der Waals surface area contributed by atoms with E-state index in [1.807, 2.05) is 24.3 Å². The second-order valence-electron chi connectivity index (χ2n) is 6.54. The summed E-state index contributed by atoms with van der Waals surface area (Å²) < 4.78 is 6.14. The van der Waals surface area contributed by atoms with Gasteiger partial charge in [0, 0.05) is 23.4 Å². The highest BCUT2D eigenvalue weighted by molar-refractivity contribution is 6.30. The maximum Gasteiger partial charge on any atom is 0.162 e. The van der Waals surface area contributed by atoms with E-state index in [1.54, 1.807) is 0 Å². The van der Waals surface area contributed by atoms with Crippen LogP contribution in [0.3, 0.4) is 0 Å². The summed E-state index contributed by atoms with van der Waals surface area (Å²) in [7, 11) is 0. The Balaban J connectivity index is 1.85. The van der Waals surface area contributed by atoms with Gasteiger partial charge in [0.1, 0.15) is 11.9 Å². The Labute approximate surface area is 124 Å². The highest BCUT2D eigenvalue weighted by Crippen LogP contribution is 2.44. The minimum absolute atomic E-state index is 0.0117. The standard InChI is InChI=1S/C17H19ClO2/c1-17(2)9-14(19)13-7-8-15(20-16(13)10-17)11-3-5-12(18)6-4-11/h3-6,15H,7-10H2,1-2H3. The van der Waals surface area contributed by atoms with Crippen molar-refractivity contribution in [2.75, 3.05) is 0 Å². The van der Waals surface area contributed by atoms with Gasteiger partial charge in [-0.2, -0.15) is 0 Å². The predicted molar refractivity (Wildman–Crippen MR) is 79.6 cm³/mol. The molecule has 1 aromatic carbocycles. The summed E-state index contributed by atoms with van der Waals surface area (Å²) in [5.74, 6) is 1.18. The van der Waals surface area contributed by atoms with Gasteiger partial charge < -0.3 is 4.74 Å². The Hall–Kier alpha value is -1.28. The van der Waals surface area contributed by atoms with Crippen LogP contribution in [0.15, 0.2) is 35.6 Å². The predicted octanol–water partition coefficient (Wildman–Crippen LogP) is 4.83. The number of rotatable bonds is 1. The van der Waals surface area contributed by atoms with Crippen molar-refractivity contribution < 1.29 is 9.53 Å². The Morgan fingerprint density at radius 2 is 1.90 bits per heavy atom. The zero-order chi connectivity index (χ0) is 14.3. The van der Waals surface area contributed by atoms with Crippen LogP contribution in [0.1, 0.15) is 51.2 Å². The smallest absolute Gasteiger partial charge is 0.162 e. The highest BCUT2D eigenvalue weighted by atomic mass is 35.5. The van der Waals surface area contributed by atoms with Gasteiger partial charge in [-0.25, -0.2) is 0 Å². The molecule has 0 aromatic heterocycles. The molecule has 0 saturated carbocycles. The molecular weight excluding hydrogens is 272 g/mol.